The van der Waals surface area contributed by atoms with Crippen LogP contribution in [0.2, 0.25) is 0 Å². The molecular weight excluding hydrogens is 242 g/mol. The molecule has 0 unspecified atom stereocenters. The number of allylic oxidation sites excluding steroid dienone is 1. The van der Waals surface area contributed by atoms with E-state index in [1.54, 1.807) is 11.1 Å². The van der Waals surface area contributed by atoms with Gasteiger partial charge in [0.05, 0.1) is 5.71 Å². The number of rotatable bonds is 4. The van der Waals surface area contributed by atoms with Crippen molar-refractivity contribution >= 4 is 18.3 Å². The van der Waals surface area contributed by atoms with E-state index in [1.165, 1.54) is 0 Å². The van der Waals surface area contributed by atoms with Crippen LogP contribution >= 0.6 is 0 Å². The van der Waals surface area contributed by atoms with Crippen molar-refractivity contribution in [2.24, 2.45) is 15.9 Å². The summed E-state index contributed by atoms with van der Waals surface area (Å²) >= 11 is 0. The maximum Gasteiger partial charge on any atom is 0.284 e. The van der Waals surface area contributed by atoms with Crippen molar-refractivity contribution in [1.29, 1.82) is 0 Å². The molecule has 106 valence electrons. The highest BCUT2D eigenvalue weighted by atomic mass is 16.2. The average Bonchev–Trinajstić information content (AvgIpc) is 2.61. The molecule has 19 heavy (non-hydrogen) atoms. The van der Waals surface area contributed by atoms with Gasteiger partial charge in [0.1, 0.15) is 5.70 Å². The summed E-state index contributed by atoms with van der Waals surface area (Å²) in [5.74, 6) is -0.172. The quantitative estimate of drug-likeness (QED) is 0.471. The van der Waals surface area contributed by atoms with Gasteiger partial charge in [-0.25, -0.2) is 5.01 Å². The Morgan fingerprint density at radius 3 is 2.68 bits per heavy atom. The molecule has 1 rings (SSSR count). The molecule has 0 spiro atoms. The highest BCUT2D eigenvalue weighted by Gasteiger charge is 2.22. The predicted octanol–water partition coefficient (Wildman–Crippen LogP) is 1.15. The fourth-order valence-corrected chi connectivity index (χ4v) is 2.01. The predicted molar refractivity (Wildman–Crippen MR) is 77.7 cm³/mol. The van der Waals surface area contributed by atoms with E-state index in [9.17, 15) is 4.79 Å². The lowest BCUT2D eigenvalue weighted by Gasteiger charge is -2.29. The van der Waals surface area contributed by atoms with E-state index in [0.717, 1.165) is 25.8 Å². The van der Waals surface area contributed by atoms with Gasteiger partial charge in [-0.1, -0.05) is 13.3 Å². The van der Waals surface area contributed by atoms with Gasteiger partial charge in [-0.2, -0.15) is 10.2 Å². The Labute approximate surface area is 114 Å². The van der Waals surface area contributed by atoms with Crippen molar-refractivity contribution in [3.63, 3.8) is 0 Å². The first-order chi connectivity index (χ1) is 9.10. The van der Waals surface area contributed by atoms with E-state index in [1.807, 2.05) is 19.0 Å². The Morgan fingerprint density at radius 2 is 2.05 bits per heavy atom. The highest BCUT2D eigenvalue weighted by Crippen LogP contribution is 2.11. The molecular formula is C13H23N5O. The summed E-state index contributed by atoms with van der Waals surface area (Å²) in [6, 6.07) is 0. The molecule has 1 amide bonds. The molecule has 0 bridgehead atoms. The summed E-state index contributed by atoms with van der Waals surface area (Å²) < 4.78 is 0. The molecule has 1 fully saturated rings. The molecule has 1 saturated heterocycles. The SMILES string of the molecule is C=NN=C(C=C(N)C(=O)N1CCCCCN1C)CC. The number of carbonyl (C=O) groups is 1. The van der Waals surface area contributed by atoms with Gasteiger partial charge in [-0.15, -0.1) is 0 Å². The minimum absolute atomic E-state index is 0.172. The first kappa shape index (κ1) is 15.4. The van der Waals surface area contributed by atoms with E-state index >= 15 is 0 Å². The van der Waals surface area contributed by atoms with E-state index in [0.29, 0.717) is 18.7 Å². The summed E-state index contributed by atoms with van der Waals surface area (Å²) in [7, 11) is 1.91. The van der Waals surface area contributed by atoms with E-state index in [-0.39, 0.29) is 11.6 Å². The van der Waals surface area contributed by atoms with Gasteiger partial charge in [0, 0.05) is 26.9 Å². The normalized spacial score (nSPS) is 19.2. The second kappa shape index (κ2) is 7.68. The molecule has 0 aliphatic carbocycles. The standard InChI is InChI=1S/C13H23N5O/c1-4-11(16-15-2)10-12(14)13(19)18-9-7-5-6-8-17(18)3/h10H,2,4-9,14H2,1,3H3. The maximum atomic E-state index is 12.3. The minimum Gasteiger partial charge on any atom is -0.394 e. The fraction of sp³-hybridized carbons (Fsp3) is 0.615. The van der Waals surface area contributed by atoms with Crippen LogP contribution in [0.3, 0.4) is 0 Å². The number of nitrogens with zero attached hydrogens (tertiary/aromatic N) is 4. The Morgan fingerprint density at radius 1 is 1.37 bits per heavy atom. The zero-order chi connectivity index (χ0) is 14.3. The molecule has 6 heteroatoms. The molecule has 6 nitrogen and oxygen atoms in total. The van der Waals surface area contributed by atoms with Gasteiger partial charge in [0.15, 0.2) is 0 Å². The zero-order valence-corrected chi connectivity index (χ0v) is 11.8. The molecule has 0 aromatic heterocycles. The molecule has 0 radical (unpaired) electrons. The van der Waals surface area contributed by atoms with Crippen molar-refractivity contribution in [3.05, 3.63) is 11.8 Å². The summed E-state index contributed by atoms with van der Waals surface area (Å²) in [5, 5.41) is 10.9. The lowest BCUT2D eigenvalue weighted by molar-refractivity contribution is -0.141. The first-order valence-corrected chi connectivity index (χ1v) is 6.62. The summed E-state index contributed by atoms with van der Waals surface area (Å²) in [6.07, 6.45) is 5.48. The van der Waals surface area contributed by atoms with Crippen LogP contribution in [0.4, 0.5) is 0 Å². The average molecular weight is 265 g/mol. The molecule has 0 aromatic carbocycles. The molecule has 1 aliphatic heterocycles. The Kier molecular flexibility index (Phi) is 6.21. The van der Waals surface area contributed by atoms with Crippen LogP contribution in [0, 0.1) is 0 Å². The number of hydrogen-bond donors (Lipinski definition) is 1. The lowest BCUT2D eigenvalue weighted by atomic mass is 10.2. The molecule has 1 aliphatic rings. The Bertz CT molecular complexity index is 388. The molecule has 0 saturated carbocycles. The maximum absolute atomic E-state index is 12.3. The smallest absolute Gasteiger partial charge is 0.284 e. The summed E-state index contributed by atoms with van der Waals surface area (Å²) in [6.45, 7) is 6.82. The topological polar surface area (TPSA) is 74.3 Å². The monoisotopic (exact) mass is 265 g/mol. The van der Waals surface area contributed by atoms with Crippen LogP contribution in [0.25, 0.3) is 0 Å². The Hall–Kier alpha value is -1.69. The van der Waals surface area contributed by atoms with Crippen LogP contribution in [0.5, 0.6) is 0 Å². The van der Waals surface area contributed by atoms with Gasteiger partial charge in [-0.3, -0.25) is 9.80 Å². The summed E-state index contributed by atoms with van der Waals surface area (Å²) in [4.78, 5) is 12.3. The molecule has 0 aromatic rings. The van der Waals surface area contributed by atoms with Gasteiger partial charge in [-0.05, 0) is 25.3 Å². The molecule has 2 N–H and O–H groups in total. The number of amides is 1. The van der Waals surface area contributed by atoms with E-state index < -0.39 is 0 Å². The van der Waals surface area contributed by atoms with Crippen molar-refractivity contribution < 1.29 is 4.79 Å². The van der Waals surface area contributed by atoms with Crippen molar-refractivity contribution in [3.8, 4) is 0 Å². The second-order valence-corrected chi connectivity index (χ2v) is 4.56. The number of nitrogens with two attached hydrogens (primary N) is 1. The highest BCUT2D eigenvalue weighted by molar-refractivity contribution is 6.03. The van der Waals surface area contributed by atoms with Crippen LogP contribution in [0.1, 0.15) is 32.6 Å². The minimum atomic E-state index is -0.172. The largest absolute Gasteiger partial charge is 0.394 e. The van der Waals surface area contributed by atoms with Gasteiger partial charge in [0.25, 0.3) is 5.91 Å². The molecule has 0 atom stereocenters. The molecule has 1 heterocycles. The second-order valence-electron chi connectivity index (χ2n) is 4.56. The van der Waals surface area contributed by atoms with Crippen LogP contribution in [-0.4, -0.2) is 48.5 Å². The third kappa shape index (κ3) is 4.48. The van der Waals surface area contributed by atoms with Crippen molar-refractivity contribution in [1.82, 2.24) is 10.0 Å². The van der Waals surface area contributed by atoms with Crippen LogP contribution < -0.4 is 5.73 Å². The fourth-order valence-electron chi connectivity index (χ4n) is 2.01. The van der Waals surface area contributed by atoms with E-state index in [4.69, 9.17) is 5.73 Å². The number of hydrogen-bond acceptors (Lipinski definition) is 5. The first-order valence-electron chi connectivity index (χ1n) is 6.62. The summed E-state index contributed by atoms with van der Waals surface area (Å²) in [5.41, 5.74) is 6.71. The van der Waals surface area contributed by atoms with Gasteiger partial charge >= 0.3 is 0 Å². The zero-order valence-electron chi connectivity index (χ0n) is 11.8. The van der Waals surface area contributed by atoms with Crippen molar-refractivity contribution in [2.45, 2.75) is 32.6 Å². The van der Waals surface area contributed by atoms with Gasteiger partial charge < -0.3 is 5.73 Å². The number of hydrazine groups is 1. The number of carbonyl (C=O) groups excluding carboxylic acids is 1. The van der Waals surface area contributed by atoms with Gasteiger partial charge in [0.2, 0.25) is 0 Å². The van der Waals surface area contributed by atoms with Crippen LogP contribution in [0.15, 0.2) is 22.0 Å². The van der Waals surface area contributed by atoms with Crippen LogP contribution in [-0.2, 0) is 4.79 Å². The Balaban J connectivity index is 2.82. The third-order valence-corrected chi connectivity index (χ3v) is 3.13. The third-order valence-electron chi connectivity index (χ3n) is 3.13. The lowest BCUT2D eigenvalue weighted by Crippen LogP contribution is -2.45. The van der Waals surface area contributed by atoms with Crippen molar-refractivity contribution in [2.75, 3.05) is 20.1 Å². The van der Waals surface area contributed by atoms with E-state index in [2.05, 4.69) is 16.9 Å².